The van der Waals surface area contributed by atoms with E-state index in [4.69, 9.17) is 10.2 Å². The van der Waals surface area contributed by atoms with E-state index in [1.807, 2.05) is 59.0 Å². The Morgan fingerprint density at radius 2 is 2.00 bits per heavy atom. The quantitative estimate of drug-likeness (QED) is 0.241. The van der Waals surface area contributed by atoms with Crippen molar-refractivity contribution in [2.45, 2.75) is 44.7 Å². The molecule has 3 aromatic heterocycles. The highest BCUT2D eigenvalue weighted by atomic mass is 32.1. The molecule has 0 spiro atoms. The number of likely N-dealkylation sites (tertiary alicyclic amines) is 1. The Balaban J connectivity index is 1.29. The van der Waals surface area contributed by atoms with Crippen LogP contribution in [0.2, 0.25) is 0 Å². The molecule has 8 nitrogen and oxygen atoms in total. The Hall–Kier alpha value is -3.73. The number of benzene rings is 2. The van der Waals surface area contributed by atoms with Gasteiger partial charge in [-0.3, -0.25) is 4.79 Å². The van der Waals surface area contributed by atoms with Crippen LogP contribution in [0.5, 0.6) is 0 Å². The van der Waals surface area contributed by atoms with Crippen LogP contribution in [0.1, 0.15) is 63.9 Å². The summed E-state index contributed by atoms with van der Waals surface area (Å²) in [5.74, 6) is 0.678. The lowest BCUT2D eigenvalue weighted by Crippen LogP contribution is -2.30. The maximum atomic E-state index is 13.9. The molecule has 1 amide bonds. The molecular formula is C29H28N6O2S2. The number of nitrogens with two attached hydrogens (primary N) is 1. The highest BCUT2D eigenvalue weighted by Gasteiger charge is 2.33. The zero-order valence-corrected chi connectivity index (χ0v) is 23.1. The highest BCUT2D eigenvalue weighted by molar-refractivity contribution is 7.13. The number of thiazole rings is 2. The summed E-state index contributed by atoms with van der Waals surface area (Å²) >= 11 is 3.13. The van der Waals surface area contributed by atoms with Gasteiger partial charge in [-0.2, -0.15) is 0 Å². The molecule has 6 rings (SSSR count). The topological polar surface area (TPSA) is 111 Å². The molecule has 0 aliphatic carbocycles. The minimum Gasteiger partial charge on any atom is -0.419 e. The molecule has 198 valence electrons. The van der Waals surface area contributed by atoms with Crippen molar-refractivity contribution in [1.82, 2.24) is 25.1 Å². The van der Waals surface area contributed by atoms with Crippen molar-refractivity contribution in [3.63, 3.8) is 0 Å². The molecule has 1 saturated heterocycles. The van der Waals surface area contributed by atoms with Crippen LogP contribution in [0, 0.1) is 6.92 Å². The Labute approximate surface area is 234 Å². The van der Waals surface area contributed by atoms with E-state index in [0.717, 1.165) is 40.5 Å². The van der Waals surface area contributed by atoms with Gasteiger partial charge in [0, 0.05) is 45.9 Å². The number of carbonyl (C=O) groups is 1. The average Bonchev–Trinajstić information content (AvgIpc) is 3.78. The van der Waals surface area contributed by atoms with Gasteiger partial charge in [0.2, 0.25) is 11.8 Å². The molecule has 0 bridgehead atoms. The van der Waals surface area contributed by atoms with Crippen molar-refractivity contribution in [3.05, 3.63) is 93.2 Å². The molecule has 2 unspecified atom stereocenters. The molecule has 2 N–H and O–H groups in total. The van der Waals surface area contributed by atoms with Crippen molar-refractivity contribution in [1.29, 1.82) is 0 Å². The third-order valence-corrected chi connectivity index (χ3v) is 8.77. The molecule has 5 aromatic rings. The first-order valence-electron chi connectivity index (χ1n) is 13.0. The molecule has 4 heterocycles. The Morgan fingerprint density at radius 1 is 1.15 bits per heavy atom. The summed E-state index contributed by atoms with van der Waals surface area (Å²) in [5.41, 5.74) is 10.7. The van der Waals surface area contributed by atoms with E-state index in [9.17, 15) is 4.79 Å². The second-order valence-electron chi connectivity index (χ2n) is 9.70. The fraction of sp³-hybridized carbons (Fsp3) is 0.276. The normalized spacial score (nSPS) is 16.1. The highest BCUT2D eigenvalue weighted by Crippen LogP contribution is 2.36. The molecule has 0 radical (unpaired) electrons. The molecular weight excluding hydrogens is 528 g/mol. The first kappa shape index (κ1) is 25.5. The number of hydrogen-bond donors (Lipinski definition) is 1. The average molecular weight is 557 g/mol. The predicted molar refractivity (Wildman–Crippen MR) is 152 cm³/mol. The first-order valence-corrected chi connectivity index (χ1v) is 14.7. The van der Waals surface area contributed by atoms with Crippen molar-refractivity contribution in [2.75, 3.05) is 6.54 Å². The number of rotatable bonds is 8. The predicted octanol–water partition coefficient (Wildman–Crippen LogP) is 6.23. The Morgan fingerprint density at radius 3 is 2.77 bits per heavy atom. The molecule has 10 heteroatoms. The SMILES string of the molecule is Cc1csc(C2CCCN2C(=O)c2cc(-c3nnc(C(N)CCc4ccccc4)o3)cc(-c3nccs3)c2)n1. The van der Waals surface area contributed by atoms with Crippen LogP contribution in [0.4, 0.5) is 0 Å². The molecule has 1 aliphatic heterocycles. The van der Waals surface area contributed by atoms with Crippen LogP contribution in [0.25, 0.3) is 22.0 Å². The van der Waals surface area contributed by atoms with Gasteiger partial charge in [0.1, 0.15) is 10.0 Å². The van der Waals surface area contributed by atoms with E-state index in [-0.39, 0.29) is 18.0 Å². The van der Waals surface area contributed by atoms with Crippen LogP contribution >= 0.6 is 22.7 Å². The number of hydrogen-bond acceptors (Lipinski definition) is 9. The summed E-state index contributed by atoms with van der Waals surface area (Å²) in [5, 5.41) is 14.3. The number of aromatic nitrogens is 4. The van der Waals surface area contributed by atoms with Crippen molar-refractivity contribution < 1.29 is 9.21 Å². The molecule has 2 aromatic carbocycles. The van der Waals surface area contributed by atoms with E-state index in [1.54, 1.807) is 17.5 Å². The minimum absolute atomic E-state index is 0.0132. The van der Waals surface area contributed by atoms with E-state index < -0.39 is 0 Å². The van der Waals surface area contributed by atoms with E-state index >= 15 is 0 Å². The second kappa shape index (κ2) is 11.2. The smallest absolute Gasteiger partial charge is 0.254 e. The standard InChI is InChI=1S/C29H28N6O2S2/c1-18-17-39-28(32-18)24-8-5-12-35(24)29(36)22-15-20(14-21(16-22)27-31-11-13-38-27)25-33-34-26(37-25)23(30)10-9-19-6-3-2-4-7-19/h2-4,6-7,11,13-17,23-24H,5,8-10,12,30H2,1H3. The summed E-state index contributed by atoms with van der Waals surface area (Å²) in [6.07, 6.45) is 5.11. The number of aryl methyl sites for hydroxylation is 2. The van der Waals surface area contributed by atoms with E-state index in [1.165, 1.54) is 16.9 Å². The zero-order valence-electron chi connectivity index (χ0n) is 21.5. The zero-order chi connectivity index (χ0) is 26.8. The van der Waals surface area contributed by atoms with Gasteiger partial charge in [-0.25, -0.2) is 9.97 Å². The van der Waals surface area contributed by atoms with Gasteiger partial charge in [0.25, 0.3) is 5.91 Å². The summed E-state index contributed by atoms with van der Waals surface area (Å²) in [4.78, 5) is 24.9. The van der Waals surface area contributed by atoms with Gasteiger partial charge in [-0.05, 0) is 56.4 Å². The Bertz CT molecular complexity index is 1560. The third kappa shape index (κ3) is 5.54. The lowest BCUT2D eigenvalue weighted by Gasteiger charge is -2.23. The Kier molecular flexibility index (Phi) is 7.32. The fourth-order valence-electron chi connectivity index (χ4n) is 4.91. The van der Waals surface area contributed by atoms with Crippen LogP contribution in [0.3, 0.4) is 0 Å². The molecule has 2 atom stereocenters. The van der Waals surface area contributed by atoms with Crippen molar-refractivity contribution >= 4 is 28.6 Å². The van der Waals surface area contributed by atoms with Gasteiger partial charge in [0.05, 0.1) is 12.1 Å². The van der Waals surface area contributed by atoms with Crippen LogP contribution in [-0.4, -0.2) is 37.5 Å². The third-order valence-electron chi connectivity index (χ3n) is 6.89. The maximum Gasteiger partial charge on any atom is 0.254 e. The molecule has 1 fully saturated rings. The minimum atomic E-state index is -0.387. The van der Waals surface area contributed by atoms with Crippen molar-refractivity contribution in [2.24, 2.45) is 5.73 Å². The monoisotopic (exact) mass is 556 g/mol. The largest absolute Gasteiger partial charge is 0.419 e. The molecule has 1 aliphatic rings. The maximum absolute atomic E-state index is 13.9. The summed E-state index contributed by atoms with van der Waals surface area (Å²) < 4.78 is 6.05. The lowest BCUT2D eigenvalue weighted by atomic mass is 10.0. The summed E-state index contributed by atoms with van der Waals surface area (Å²) in [7, 11) is 0. The first-order chi connectivity index (χ1) is 19.0. The van der Waals surface area contributed by atoms with Gasteiger partial charge in [-0.15, -0.1) is 32.9 Å². The number of nitrogens with zero attached hydrogens (tertiary/aromatic N) is 5. The summed E-state index contributed by atoms with van der Waals surface area (Å²) in [6.45, 7) is 2.68. The lowest BCUT2D eigenvalue weighted by molar-refractivity contribution is 0.0735. The van der Waals surface area contributed by atoms with E-state index in [0.29, 0.717) is 35.9 Å². The summed E-state index contributed by atoms with van der Waals surface area (Å²) in [6, 6.07) is 15.5. The van der Waals surface area contributed by atoms with Crippen LogP contribution in [-0.2, 0) is 6.42 Å². The fourth-order valence-corrected chi connectivity index (χ4v) is 6.48. The number of amides is 1. The second-order valence-corrected chi connectivity index (χ2v) is 11.5. The number of carbonyl (C=O) groups excluding carboxylic acids is 1. The van der Waals surface area contributed by atoms with Gasteiger partial charge in [-0.1, -0.05) is 30.3 Å². The van der Waals surface area contributed by atoms with Crippen LogP contribution in [0.15, 0.2) is 69.9 Å². The van der Waals surface area contributed by atoms with Gasteiger partial charge >= 0.3 is 0 Å². The van der Waals surface area contributed by atoms with Gasteiger partial charge < -0.3 is 15.1 Å². The molecule has 39 heavy (non-hydrogen) atoms. The van der Waals surface area contributed by atoms with Crippen molar-refractivity contribution in [3.8, 4) is 22.0 Å². The van der Waals surface area contributed by atoms with Gasteiger partial charge in [0.15, 0.2) is 0 Å². The molecule has 0 saturated carbocycles. The van der Waals surface area contributed by atoms with Crippen LogP contribution < -0.4 is 5.73 Å². The van der Waals surface area contributed by atoms with E-state index in [2.05, 4.69) is 32.3 Å².